The molecule has 16 heavy (non-hydrogen) atoms. The van der Waals surface area contributed by atoms with Gasteiger partial charge in [0.05, 0.1) is 6.04 Å². The lowest BCUT2D eigenvalue weighted by Gasteiger charge is -2.14. The van der Waals surface area contributed by atoms with Gasteiger partial charge in [0.1, 0.15) is 0 Å². The molecule has 0 saturated heterocycles. The van der Waals surface area contributed by atoms with Crippen LogP contribution in [0, 0.1) is 11.8 Å². The Kier molecular flexibility index (Phi) is 3.28. The number of rotatable bonds is 4. The first kappa shape index (κ1) is 11.2. The molecule has 0 aliphatic heterocycles. The molecule has 1 aliphatic carbocycles. The van der Waals surface area contributed by atoms with Gasteiger partial charge in [-0.3, -0.25) is 4.79 Å². The largest absolute Gasteiger partial charge is 0.349 e. The van der Waals surface area contributed by atoms with Crippen LogP contribution in [0.4, 0.5) is 0 Å². The van der Waals surface area contributed by atoms with Crippen LogP contribution < -0.4 is 5.32 Å². The van der Waals surface area contributed by atoms with Crippen LogP contribution >= 0.6 is 0 Å². The van der Waals surface area contributed by atoms with Crippen molar-refractivity contribution in [1.82, 2.24) is 5.32 Å². The summed E-state index contributed by atoms with van der Waals surface area (Å²) < 4.78 is 0. The van der Waals surface area contributed by atoms with E-state index in [2.05, 4.69) is 24.4 Å². The second-order valence-corrected chi connectivity index (χ2v) is 4.65. The molecule has 0 heterocycles. The van der Waals surface area contributed by atoms with Gasteiger partial charge in [-0.2, -0.15) is 0 Å². The molecule has 2 rings (SSSR count). The van der Waals surface area contributed by atoms with Crippen molar-refractivity contribution in [2.24, 2.45) is 11.8 Å². The summed E-state index contributed by atoms with van der Waals surface area (Å²) in [7, 11) is 0. The van der Waals surface area contributed by atoms with Crippen molar-refractivity contribution < 1.29 is 4.79 Å². The summed E-state index contributed by atoms with van der Waals surface area (Å²) in [6.45, 7) is 4.19. The fourth-order valence-electron chi connectivity index (χ4n) is 2.17. The Morgan fingerprint density at radius 1 is 1.44 bits per heavy atom. The van der Waals surface area contributed by atoms with Gasteiger partial charge < -0.3 is 5.32 Å². The summed E-state index contributed by atoms with van der Waals surface area (Å²) >= 11 is 0. The molecular weight excluding hydrogens is 198 g/mol. The van der Waals surface area contributed by atoms with Crippen LogP contribution in [0.3, 0.4) is 0 Å². The minimum absolute atomic E-state index is 0.117. The molecule has 0 aromatic heterocycles. The Hall–Kier alpha value is -1.31. The maximum absolute atomic E-state index is 11.8. The first-order chi connectivity index (χ1) is 7.72. The number of amides is 1. The summed E-state index contributed by atoms with van der Waals surface area (Å²) in [5.74, 6) is 1.13. The van der Waals surface area contributed by atoms with Crippen LogP contribution in [0.2, 0.25) is 0 Å². The summed E-state index contributed by atoms with van der Waals surface area (Å²) in [6.07, 6.45) is 2.20. The van der Waals surface area contributed by atoms with Crippen LogP contribution in [0.5, 0.6) is 0 Å². The zero-order chi connectivity index (χ0) is 11.5. The number of benzene rings is 1. The van der Waals surface area contributed by atoms with Gasteiger partial charge in [-0.1, -0.05) is 43.7 Å². The van der Waals surface area contributed by atoms with Gasteiger partial charge in [0.15, 0.2) is 0 Å². The summed E-state index contributed by atoms with van der Waals surface area (Å²) in [6, 6.07) is 10.2. The third kappa shape index (κ3) is 2.43. The van der Waals surface area contributed by atoms with E-state index in [1.807, 2.05) is 25.1 Å². The molecule has 1 aliphatic rings. The summed E-state index contributed by atoms with van der Waals surface area (Å²) in [5, 5.41) is 3.08. The molecular formula is C14H19NO. The highest BCUT2D eigenvalue weighted by molar-refractivity contribution is 5.81. The minimum Gasteiger partial charge on any atom is -0.349 e. The van der Waals surface area contributed by atoms with E-state index in [1.165, 1.54) is 5.56 Å². The molecule has 2 heteroatoms. The number of hydrogen-bond acceptors (Lipinski definition) is 1. The topological polar surface area (TPSA) is 29.1 Å². The maximum Gasteiger partial charge on any atom is 0.223 e. The van der Waals surface area contributed by atoms with Crippen molar-refractivity contribution in [3.8, 4) is 0 Å². The van der Waals surface area contributed by atoms with Crippen LogP contribution in [0.25, 0.3) is 0 Å². The second-order valence-electron chi connectivity index (χ2n) is 4.65. The predicted octanol–water partition coefficient (Wildman–Crippen LogP) is 2.91. The Labute approximate surface area is 97.1 Å². The maximum atomic E-state index is 11.8. The van der Waals surface area contributed by atoms with Crippen LogP contribution in [-0.2, 0) is 4.79 Å². The number of nitrogens with one attached hydrogen (secondary N) is 1. The van der Waals surface area contributed by atoms with E-state index in [0.717, 1.165) is 12.8 Å². The normalized spacial score (nSPS) is 24.9. The van der Waals surface area contributed by atoms with Crippen molar-refractivity contribution in [3.63, 3.8) is 0 Å². The highest BCUT2D eigenvalue weighted by atomic mass is 16.2. The fraction of sp³-hybridized carbons (Fsp3) is 0.500. The van der Waals surface area contributed by atoms with Gasteiger partial charge in [-0.15, -0.1) is 0 Å². The summed E-state index contributed by atoms with van der Waals surface area (Å²) in [4.78, 5) is 11.8. The van der Waals surface area contributed by atoms with Gasteiger partial charge in [0.25, 0.3) is 0 Å². The predicted molar refractivity (Wildman–Crippen MR) is 64.9 cm³/mol. The molecule has 0 spiro atoms. The SMILES string of the molecule is CC[C@@H]1C[C@H]1C(=O)NC(C)c1ccccc1. The monoisotopic (exact) mass is 217 g/mol. The molecule has 1 N–H and O–H groups in total. The quantitative estimate of drug-likeness (QED) is 0.825. The van der Waals surface area contributed by atoms with Crippen molar-refractivity contribution in [2.75, 3.05) is 0 Å². The molecule has 1 fully saturated rings. The van der Waals surface area contributed by atoms with E-state index in [9.17, 15) is 4.79 Å². The minimum atomic E-state index is 0.117. The van der Waals surface area contributed by atoms with Crippen LogP contribution in [0.1, 0.15) is 38.3 Å². The average Bonchev–Trinajstić information content (AvgIpc) is 3.09. The molecule has 0 radical (unpaired) electrons. The lowest BCUT2D eigenvalue weighted by Crippen LogP contribution is -2.28. The van der Waals surface area contributed by atoms with Crippen LogP contribution in [0.15, 0.2) is 30.3 Å². The molecule has 1 unspecified atom stereocenters. The highest BCUT2D eigenvalue weighted by Crippen LogP contribution is 2.41. The Morgan fingerprint density at radius 2 is 2.12 bits per heavy atom. The van der Waals surface area contributed by atoms with E-state index in [1.54, 1.807) is 0 Å². The van der Waals surface area contributed by atoms with Gasteiger partial charge in [0, 0.05) is 5.92 Å². The average molecular weight is 217 g/mol. The molecule has 0 bridgehead atoms. The Bertz CT molecular complexity index is 360. The Balaban J connectivity index is 1.88. The number of hydrogen-bond donors (Lipinski definition) is 1. The first-order valence-corrected chi connectivity index (χ1v) is 6.07. The summed E-state index contributed by atoms with van der Waals surface area (Å²) in [5.41, 5.74) is 1.17. The number of carbonyl (C=O) groups excluding carboxylic acids is 1. The standard InChI is InChI=1S/C14H19NO/c1-3-11-9-13(11)14(16)15-10(2)12-7-5-4-6-8-12/h4-8,10-11,13H,3,9H2,1-2H3,(H,15,16)/t10?,11-,13-/m1/s1. The van der Waals surface area contributed by atoms with Crippen LogP contribution in [-0.4, -0.2) is 5.91 Å². The zero-order valence-electron chi connectivity index (χ0n) is 9.94. The van der Waals surface area contributed by atoms with Crippen molar-refractivity contribution >= 4 is 5.91 Å². The van der Waals surface area contributed by atoms with Gasteiger partial charge >= 0.3 is 0 Å². The molecule has 1 aromatic rings. The Morgan fingerprint density at radius 3 is 2.69 bits per heavy atom. The first-order valence-electron chi connectivity index (χ1n) is 6.07. The zero-order valence-corrected chi connectivity index (χ0v) is 9.94. The molecule has 1 aromatic carbocycles. The molecule has 1 saturated carbocycles. The van der Waals surface area contributed by atoms with Crippen molar-refractivity contribution in [2.45, 2.75) is 32.7 Å². The smallest absolute Gasteiger partial charge is 0.223 e. The van der Waals surface area contributed by atoms with Gasteiger partial charge in [-0.05, 0) is 24.8 Å². The molecule has 3 atom stereocenters. The van der Waals surface area contributed by atoms with E-state index >= 15 is 0 Å². The fourth-order valence-corrected chi connectivity index (χ4v) is 2.17. The lowest BCUT2D eigenvalue weighted by molar-refractivity contribution is -0.123. The highest BCUT2D eigenvalue weighted by Gasteiger charge is 2.41. The molecule has 2 nitrogen and oxygen atoms in total. The third-order valence-corrected chi connectivity index (χ3v) is 3.44. The number of carbonyl (C=O) groups is 1. The third-order valence-electron chi connectivity index (χ3n) is 3.44. The van der Waals surface area contributed by atoms with E-state index < -0.39 is 0 Å². The van der Waals surface area contributed by atoms with E-state index in [0.29, 0.717) is 5.92 Å². The van der Waals surface area contributed by atoms with E-state index in [4.69, 9.17) is 0 Å². The lowest BCUT2D eigenvalue weighted by atomic mass is 10.1. The molecule has 1 amide bonds. The van der Waals surface area contributed by atoms with E-state index in [-0.39, 0.29) is 17.9 Å². The van der Waals surface area contributed by atoms with Crippen molar-refractivity contribution in [3.05, 3.63) is 35.9 Å². The van der Waals surface area contributed by atoms with Gasteiger partial charge in [-0.25, -0.2) is 0 Å². The molecule has 86 valence electrons. The second kappa shape index (κ2) is 4.69. The van der Waals surface area contributed by atoms with Gasteiger partial charge in [0.2, 0.25) is 5.91 Å². The van der Waals surface area contributed by atoms with Crippen molar-refractivity contribution in [1.29, 1.82) is 0 Å².